The van der Waals surface area contributed by atoms with Crippen molar-refractivity contribution < 1.29 is 4.39 Å². The van der Waals surface area contributed by atoms with E-state index in [2.05, 4.69) is 46.7 Å². The standard InChI is InChI=1S/C13H12Br2FN3/c14-10-7-8(16)6-9-11(10)17-13(18-12(9)15)19-4-2-1-3-5-19/h6-7H,1-5H2. The van der Waals surface area contributed by atoms with Gasteiger partial charge in [0.25, 0.3) is 0 Å². The van der Waals surface area contributed by atoms with Gasteiger partial charge < -0.3 is 4.90 Å². The van der Waals surface area contributed by atoms with E-state index >= 15 is 0 Å². The molecule has 3 nitrogen and oxygen atoms in total. The first-order valence-electron chi connectivity index (χ1n) is 6.22. The Kier molecular flexibility index (Phi) is 3.71. The second-order valence-corrected chi connectivity index (χ2v) is 6.25. The van der Waals surface area contributed by atoms with E-state index in [1.165, 1.54) is 31.4 Å². The van der Waals surface area contributed by atoms with Crippen LogP contribution in [0.15, 0.2) is 21.2 Å². The Morgan fingerprint density at radius 1 is 1.05 bits per heavy atom. The van der Waals surface area contributed by atoms with E-state index in [4.69, 9.17) is 0 Å². The van der Waals surface area contributed by atoms with Crippen molar-refractivity contribution in [3.8, 4) is 0 Å². The van der Waals surface area contributed by atoms with E-state index in [1.807, 2.05) is 0 Å². The van der Waals surface area contributed by atoms with E-state index in [-0.39, 0.29) is 5.82 Å². The molecule has 0 amide bonds. The molecule has 1 aromatic heterocycles. The number of aromatic nitrogens is 2. The molecular formula is C13H12Br2FN3. The number of rotatable bonds is 1. The molecule has 0 atom stereocenters. The van der Waals surface area contributed by atoms with Gasteiger partial charge in [-0.15, -0.1) is 0 Å². The molecule has 0 radical (unpaired) electrons. The molecule has 0 saturated carbocycles. The van der Waals surface area contributed by atoms with Gasteiger partial charge in [0.1, 0.15) is 10.4 Å². The molecule has 0 unspecified atom stereocenters. The average Bonchev–Trinajstić information content (AvgIpc) is 2.41. The van der Waals surface area contributed by atoms with Crippen molar-refractivity contribution in [2.24, 2.45) is 0 Å². The van der Waals surface area contributed by atoms with Crippen molar-refractivity contribution in [3.63, 3.8) is 0 Å². The van der Waals surface area contributed by atoms with Crippen LogP contribution >= 0.6 is 31.9 Å². The summed E-state index contributed by atoms with van der Waals surface area (Å²) in [6.45, 7) is 1.97. The van der Waals surface area contributed by atoms with Crippen LogP contribution in [-0.4, -0.2) is 23.1 Å². The summed E-state index contributed by atoms with van der Waals surface area (Å²) in [5, 5.41) is 0.688. The van der Waals surface area contributed by atoms with Crippen LogP contribution in [0.25, 0.3) is 10.9 Å². The van der Waals surface area contributed by atoms with E-state index in [0.717, 1.165) is 18.6 Å². The van der Waals surface area contributed by atoms with Crippen LogP contribution in [-0.2, 0) is 0 Å². The molecule has 0 spiro atoms. The van der Waals surface area contributed by atoms with E-state index < -0.39 is 0 Å². The summed E-state index contributed by atoms with van der Waals surface area (Å²) in [6.07, 6.45) is 3.60. The molecule has 100 valence electrons. The van der Waals surface area contributed by atoms with Gasteiger partial charge in [0, 0.05) is 22.9 Å². The molecule has 1 saturated heterocycles. The van der Waals surface area contributed by atoms with Crippen LogP contribution in [0, 0.1) is 5.82 Å². The molecule has 0 N–H and O–H groups in total. The lowest BCUT2D eigenvalue weighted by molar-refractivity contribution is 0.568. The van der Waals surface area contributed by atoms with Crippen LogP contribution < -0.4 is 4.90 Å². The van der Waals surface area contributed by atoms with E-state index in [1.54, 1.807) is 0 Å². The Hall–Kier alpha value is -0.750. The third-order valence-corrected chi connectivity index (χ3v) is 4.51. The molecule has 3 rings (SSSR count). The summed E-state index contributed by atoms with van der Waals surface area (Å²) in [5.74, 6) is 0.417. The van der Waals surface area contributed by atoms with Crippen molar-refractivity contribution in [1.82, 2.24) is 9.97 Å². The Balaban J connectivity index is 2.13. The molecule has 0 bridgehead atoms. The van der Waals surface area contributed by atoms with Gasteiger partial charge in [-0.05, 0) is 63.3 Å². The van der Waals surface area contributed by atoms with Gasteiger partial charge >= 0.3 is 0 Å². The molecule has 0 aliphatic carbocycles. The number of fused-ring (bicyclic) bond motifs is 1. The first kappa shape index (κ1) is 13.2. The Labute approximate surface area is 127 Å². The summed E-state index contributed by atoms with van der Waals surface area (Å²) in [7, 11) is 0. The largest absolute Gasteiger partial charge is 0.341 e. The van der Waals surface area contributed by atoms with Gasteiger partial charge in [0.05, 0.1) is 5.52 Å². The minimum absolute atomic E-state index is 0.297. The average molecular weight is 389 g/mol. The van der Waals surface area contributed by atoms with Crippen molar-refractivity contribution in [1.29, 1.82) is 0 Å². The van der Waals surface area contributed by atoms with Gasteiger partial charge in [-0.25, -0.2) is 14.4 Å². The third kappa shape index (κ3) is 2.60. The van der Waals surface area contributed by atoms with Crippen LogP contribution in [0.2, 0.25) is 0 Å². The number of hydrogen-bond acceptors (Lipinski definition) is 3. The molecule has 1 aliphatic heterocycles. The zero-order valence-electron chi connectivity index (χ0n) is 10.2. The maximum absolute atomic E-state index is 13.4. The first-order chi connectivity index (χ1) is 9.15. The highest BCUT2D eigenvalue weighted by atomic mass is 79.9. The highest BCUT2D eigenvalue weighted by Crippen LogP contribution is 2.30. The number of nitrogens with zero attached hydrogens (tertiary/aromatic N) is 3. The Morgan fingerprint density at radius 2 is 1.79 bits per heavy atom. The second-order valence-electron chi connectivity index (χ2n) is 4.65. The first-order valence-corrected chi connectivity index (χ1v) is 7.81. The van der Waals surface area contributed by atoms with Gasteiger partial charge in [-0.1, -0.05) is 0 Å². The van der Waals surface area contributed by atoms with Crippen LogP contribution in [0.3, 0.4) is 0 Å². The van der Waals surface area contributed by atoms with Crippen LogP contribution in [0.5, 0.6) is 0 Å². The Bertz CT molecular complexity index is 627. The van der Waals surface area contributed by atoms with Crippen molar-refractivity contribution in [2.45, 2.75) is 19.3 Å². The van der Waals surface area contributed by atoms with Gasteiger partial charge in [0.2, 0.25) is 5.95 Å². The SMILES string of the molecule is Fc1cc(Br)c2nc(N3CCCCC3)nc(Br)c2c1. The van der Waals surface area contributed by atoms with Crippen molar-refractivity contribution >= 4 is 48.7 Å². The Morgan fingerprint density at radius 3 is 2.53 bits per heavy atom. The molecule has 1 fully saturated rings. The smallest absolute Gasteiger partial charge is 0.227 e. The lowest BCUT2D eigenvalue weighted by Crippen LogP contribution is -2.31. The van der Waals surface area contributed by atoms with Crippen molar-refractivity contribution in [3.05, 3.63) is 27.0 Å². The second kappa shape index (κ2) is 5.32. The van der Waals surface area contributed by atoms with Crippen LogP contribution in [0.1, 0.15) is 19.3 Å². The molecule has 6 heteroatoms. The molecular weight excluding hydrogens is 377 g/mol. The topological polar surface area (TPSA) is 29.0 Å². The van der Waals surface area contributed by atoms with E-state index in [0.29, 0.717) is 20.4 Å². The van der Waals surface area contributed by atoms with Gasteiger partial charge in [-0.3, -0.25) is 0 Å². The predicted molar refractivity (Wildman–Crippen MR) is 81.0 cm³/mol. The number of anilines is 1. The highest BCUT2D eigenvalue weighted by Gasteiger charge is 2.17. The molecule has 2 aromatic rings. The lowest BCUT2D eigenvalue weighted by Gasteiger charge is -2.27. The minimum Gasteiger partial charge on any atom is -0.341 e. The van der Waals surface area contributed by atoms with Crippen molar-refractivity contribution in [2.75, 3.05) is 18.0 Å². The molecule has 2 heterocycles. The van der Waals surface area contributed by atoms with Gasteiger partial charge in [-0.2, -0.15) is 0 Å². The fourth-order valence-corrected chi connectivity index (χ4v) is 3.33. The van der Waals surface area contributed by atoms with Crippen LogP contribution in [0.4, 0.5) is 10.3 Å². The number of benzene rings is 1. The zero-order chi connectivity index (χ0) is 13.4. The number of hydrogen-bond donors (Lipinski definition) is 0. The zero-order valence-corrected chi connectivity index (χ0v) is 13.3. The highest BCUT2D eigenvalue weighted by molar-refractivity contribution is 9.11. The number of piperidine rings is 1. The third-order valence-electron chi connectivity index (χ3n) is 3.30. The quantitative estimate of drug-likeness (QED) is 0.682. The predicted octanol–water partition coefficient (Wildman–Crippen LogP) is 4.28. The normalized spacial score (nSPS) is 16.1. The van der Waals surface area contributed by atoms with E-state index in [9.17, 15) is 4.39 Å². The minimum atomic E-state index is -0.297. The summed E-state index contributed by atoms with van der Waals surface area (Å²) >= 11 is 6.79. The van der Waals surface area contributed by atoms with Gasteiger partial charge in [0.15, 0.2) is 0 Å². The molecule has 1 aliphatic rings. The monoisotopic (exact) mass is 387 g/mol. The maximum Gasteiger partial charge on any atom is 0.227 e. The fraction of sp³-hybridized carbons (Fsp3) is 0.385. The number of halogens is 3. The summed E-state index contributed by atoms with van der Waals surface area (Å²) in [6, 6.07) is 2.88. The molecule has 1 aromatic carbocycles. The molecule has 19 heavy (non-hydrogen) atoms. The lowest BCUT2D eigenvalue weighted by atomic mass is 10.1. The summed E-state index contributed by atoms with van der Waals surface area (Å²) in [4.78, 5) is 11.2. The summed E-state index contributed by atoms with van der Waals surface area (Å²) < 4.78 is 14.7. The fourth-order valence-electron chi connectivity index (χ4n) is 2.35. The summed E-state index contributed by atoms with van der Waals surface area (Å²) in [5.41, 5.74) is 0.740. The maximum atomic E-state index is 13.4.